The van der Waals surface area contributed by atoms with E-state index in [2.05, 4.69) is 15.3 Å². The molecule has 2 aromatic carbocycles. The molecule has 0 aliphatic carbocycles. The van der Waals surface area contributed by atoms with E-state index < -0.39 is 4.92 Å². The number of aryl methyl sites for hydroxylation is 1. The summed E-state index contributed by atoms with van der Waals surface area (Å²) in [4.78, 5) is 30.1. The summed E-state index contributed by atoms with van der Waals surface area (Å²) in [6.45, 7) is 1.65. The van der Waals surface area contributed by atoms with Crippen LogP contribution in [0.4, 0.5) is 11.4 Å². The first-order valence-corrected chi connectivity index (χ1v) is 8.66. The van der Waals surface area contributed by atoms with Crippen LogP contribution in [-0.2, 0) is 4.79 Å². The number of amides is 1. The number of thioether (sulfide) groups is 1. The Labute approximate surface area is 153 Å². The number of nitro groups is 1. The summed E-state index contributed by atoms with van der Waals surface area (Å²) in [7, 11) is 1.59. The predicted octanol–water partition coefficient (Wildman–Crippen LogP) is 3.52. The van der Waals surface area contributed by atoms with Gasteiger partial charge in [-0.05, 0) is 25.1 Å². The van der Waals surface area contributed by atoms with Gasteiger partial charge in [-0.15, -0.1) is 0 Å². The number of anilines is 1. The molecule has 1 heterocycles. The highest BCUT2D eigenvalue weighted by Crippen LogP contribution is 2.24. The summed E-state index contributed by atoms with van der Waals surface area (Å²) >= 11 is 1.25. The molecule has 1 aromatic heterocycles. The minimum atomic E-state index is -0.470. The summed E-state index contributed by atoms with van der Waals surface area (Å²) < 4.78 is 5.16. The van der Waals surface area contributed by atoms with Gasteiger partial charge in [0.15, 0.2) is 5.16 Å². The van der Waals surface area contributed by atoms with Crippen LogP contribution in [-0.4, -0.2) is 33.7 Å². The normalized spacial score (nSPS) is 10.7. The number of carbonyl (C=O) groups excluding carboxylic acids is 1. The molecule has 0 bridgehead atoms. The van der Waals surface area contributed by atoms with Crippen LogP contribution in [0.3, 0.4) is 0 Å². The molecular weight excluding hydrogens is 356 g/mol. The number of methoxy groups -OCH3 is 1. The number of ether oxygens (including phenoxy) is 1. The number of carbonyl (C=O) groups is 1. The van der Waals surface area contributed by atoms with Gasteiger partial charge in [0.25, 0.3) is 5.69 Å². The number of benzene rings is 2. The lowest BCUT2D eigenvalue weighted by Gasteiger charge is -2.05. The molecule has 8 nitrogen and oxygen atoms in total. The van der Waals surface area contributed by atoms with Crippen molar-refractivity contribution in [1.82, 2.24) is 9.97 Å². The molecule has 0 aliphatic heterocycles. The van der Waals surface area contributed by atoms with Gasteiger partial charge in [-0.3, -0.25) is 14.9 Å². The molecule has 0 radical (unpaired) electrons. The highest BCUT2D eigenvalue weighted by Gasteiger charge is 2.13. The lowest BCUT2D eigenvalue weighted by molar-refractivity contribution is -0.385. The Morgan fingerprint density at radius 1 is 1.35 bits per heavy atom. The largest absolute Gasteiger partial charge is 0.497 e. The summed E-state index contributed by atoms with van der Waals surface area (Å²) in [6, 6.07) is 10.1. The molecule has 0 saturated carbocycles. The highest BCUT2D eigenvalue weighted by molar-refractivity contribution is 7.99. The third kappa shape index (κ3) is 3.94. The second-order valence-corrected chi connectivity index (χ2v) is 6.48. The first-order valence-electron chi connectivity index (χ1n) is 7.67. The Morgan fingerprint density at radius 3 is 2.88 bits per heavy atom. The molecule has 2 N–H and O–H groups in total. The maximum atomic E-state index is 12.1. The van der Waals surface area contributed by atoms with Crippen molar-refractivity contribution in [3.8, 4) is 5.75 Å². The van der Waals surface area contributed by atoms with E-state index in [9.17, 15) is 14.9 Å². The Bertz CT molecular complexity index is 986. The van der Waals surface area contributed by atoms with Crippen molar-refractivity contribution in [2.75, 3.05) is 18.2 Å². The molecule has 0 aliphatic rings. The maximum absolute atomic E-state index is 12.1. The van der Waals surface area contributed by atoms with Gasteiger partial charge in [-0.1, -0.05) is 17.8 Å². The third-order valence-corrected chi connectivity index (χ3v) is 4.57. The van der Waals surface area contributed by atoms with Gasteiger partial charge in [0, 0.05) is 23.4 Å². The number of nitrogens with one attached hydrogen (secondary N) is 2. The molecule has 3 aromatic rings. The Kier molecular flexibility index (Phi) is 5.08. The number of hydrogen-bond acceptors (Lipinski definition) is 6. The van der Waals surface area contributed by atoms with E-state index >= 15 is 0 Å². The third-order valence-electron chi connectivity index (χ3n) is 3.70. The predicted molar refractivity (Wildman–Crippen MR) is 99.8 cm³/mol. The molecule has 0 unspecified atom stereocenters. The minimum Gasteiger partial charge on any atom is -0.497 e. The van der Waals surface area contributed by atoms with E-state index in [1.165, 1.54) is 17.8 Å². The number of nitro benzene ring substituents is 1. The molecule has 26 heavy (non-hydrogen) atoms. The molecule has 0 saturated heterocycles. The number of rotatable bonds is 6. The zero-order valence-electron chi connectivity index (χ0n) is 14.1. The quantitative estimate of drug-likeness (QED) is 0.389. The van der Waals surface area contributed by atoms with Crippen molar-refractivity contribution in [2.45, 2.75) is 12.1 Å². The van der Waals surface area contributed by atoms with Gasteiger partial charge < -0.3 is 15.0 Å². The van der Waals surface area contributed by atoms with Crippen LogP contribution >= 0.6 is 11.8 Å². The van der Waals surface area contributed by atoms with Crippen molar-refractivity contribution < 1.29 is 14.5 Å². The zero-order chi connectivity index (χ0) is 18.7. The molecule has 1 amide bonds. The highest BCUT2D eigenvalue weighted by atomic mass is 32.2. The standard InChI is InChI=1S/C17H16N4O4S/c1-10-3-4-11(7-15(10)21(23)24)18-16(22)9-26-17-19-13-6-5-12(25-2)8-14(13)20-17/h3-8H,9H2,1-2H3,(H,18,22)(H,19,20). The summed E-state index contributed by atoms with van der Waals surface area (Å²) in [5.74, 6) is 0.570. The van der Waals surface area contributed by atoms with Gasteiger partial charge in [0.2, 0.25) is 5.91 Å². The van der Waals surface area contributed by atoms with Crippen molar-refractivity contribution >= 4 is 40.1 Å². The van der Waals surface area contributed by atoms with Crippen LogP contribution in [0.5, 0.6) is 5.75 Å². The minimum absolute atomic E-state index is 0.0262. The van der Waals surface area contributed by atoms with Crippen LogP contribution in [0.2, 0.25) is 0 Å². The van der Waals surface area contributed by atoms with Gasteiger partial charge in [-0.25, -0.2) is 4.98 Å². The second kappa shape index (κ2) is 7.44. The van der Waals surface area contributed by atoms with Crippen LogP contribution in [0.15, 0.2) is 41.6 Å². The number of H-pyrrole nitrogens is 1. The van der Waals surface area contributed by atoms with Gasteiger partial charge in [0.05, 0.1) is 28.8 Å². The number of imidazole rings is 1. The average Bonchev–Trinajstić information content (AvgIpc) is 3.03. The lowest BCUT2D eigenvalue weighted by Crippen LogP contribution is -2.14. The van der Waals surface area contributed by atoms with Crippen molar-refractivity contribution in [2.24, 2.45) is 0 Å². The average molecular weight is 372 g/mol. The van der Waals surface area contributed by atoms with Crippen molar-refractivity contribution in [3.63, 3.8) is 0 Å². The van der Waals surface area contributed by atoms with E-state index in [0.29, 0.717) is 16.4 Å². The molecule has 0 fully saturated rings. The summed E-state index contributed by atoms with van der Waals surface area (Å²) in [5, 5.41) is 14.2. The Hall–Kier alpha value is -3.07. The monoisotopic (exact) mass is 372 g/mol. The molecule has 3 rings (SSSR count). The smallest absolute Gasteiger partial charge is 0.274 e. The molecule has 9 heteroatoms. The number of aromatic nitrogens is 2. The Balaban J connectivity index is 1.64. The van der Waals surface area contributed by atoms with Gasteiger partial charge >= 0.3 is 0 Å². The fourth-order valence-corrected chi connectivity index (χ4v) is 3.06. The van der Waals surface area contributed by atoms with Crippen molar-refractivity contribution in [3.05, 3.63) is 52.1 Å². The first kappa shape index (κ1) is 17.7. The molecule has 0 atom stereocenters. The van der Waals surface area contributed by atoms with Crippen LogP contribution in [0, 0.1) is 17.0 Å². The SMILES string of the molecule is COc1ccc2nc(SCC(=O)Nc3ccc(C)c([N+](=O)[O-])c3)[nH]c2c1. The summed E-state index contributed by atoms with van der Waals surface area (Å²) in [5.41, 5.74) is 2.51. The maximum Gasteiger partial charge on any atom is 0.274 e. The topological polar surface area (TPSA) is 110 Å². The van der Waals surface area contributed by atoms with Crippen LogP contribution in [0.25, 0.3) is 11.0 Å². The van der Waals surface area contributed by atoms with Crippen LogP contribution in [0.1, 0.15) is 5.56 Å². The number of nitrogens with zero attached hydrogens (tertiary/aromatic N) is 2. The molecular formula is C17H16N4O4S. The Morgan fingerprint density at radius 2 is 2.15 bits per heavy atom. The number of fused-ring (bicyclic) bond motifs is 1. The second-order valence-electron chi connectivity index (χ2n) is 5.52. The van der Waals surface area contributed by atoms with Gasteiger partial charge in [-0.2, -0.15) is 0 Å². The fourth-order valence-electron chi connectivity index (χ4n) is 2.38. The summed E-state index contributed by atoms with van der Waals surface area (Å²) in [6.07, 6.45) is 0. The molecule has 0 spiro atoms. The van der Waals surface area contributed by atoms with E-state index in [0.717, 1.165) is 16.8 Å². The van der Waals surface area contributed by atoms with E-state index in [1.807, 2.05) is 18.2 Å². The van der Waals surface area contributed by atoms with Crippen molar-refractivity contribution in [1.29, 1.82) is 0 Å². The fraction of sp³-hybridized carbons (Fsp3) is 0.176. The number of hydrogen-bond donors (Lipinski definition) is 2. The van der Waals surface area contributed by atoms with Crippen LogP contribution < -0.4 is 10.1 Å². The van der Waals surface area contributed by atoms with E-state index in [-0.39, 0.29) is 17.3 Å². The lowest BCUT2D eigenvalue weighted by atomic mass is 10.2. The molecule has 134 valence electrons. The van der Waals surface area contributed by atoms with E-state index in [1.54, 1.807) is 26.2 Å². The van der Waals surface area contributed by atoms with Gasteiger partial charge in [0.1, 0.15) is 5.75 Å². The number of aromatic amines is 1. The van der Waals surface area contributed by atoms with E-state index in [4.69, 9.17) is 4.74 Å². The zero-order valence-corrected chi connectivity index (χ0v) is 14.9. The first-order chi connectivity index (χ1) is 12.5.